The Morgan fingerprint density at radius 2 is 1.85 bits per heavy atom. The molecule has 1 amide bonds. The van der Waals surface area contributed by atoms with Crippen LogP contribution < -0.4 is 10.2 Å². The molecule has 0 saturated carbocycles. The van der Waals surface area contributed by atoms with Crippen molar-refractivity contribution in [3.63, 3.8) is 0 Å². The molecule has 0 saturated heterocycles. The van der Waals surface area contributed by atoms with Crippen LogP contribution in [-0.4, -0.2) is 46.1 Å². The molecule has 0 atom stereocenters. The molecule has 1 heterocycles. The van der Waals surface area contributed by atoms with Crippen molar-refractivity contribution in [3.05, 3.63) is 18.5 Å². The number of carboxylic acids is 1. The lowest BCUT2D eigenvalue weighted by atomic mass is 9.93. The second-order valence-electron chi connectivity index (χ2n) is 4.55. The van der Waals surface area contributed by atoms with Gasteiger partial charge in [-0.15, -0.1) is 0 Å². The van der Waals surface area contributed by atoms with Gasteiger partial charge in [-0.25, -0.2) is 14.8 Å². The van der Waals surface area contributed by atoms with Gasteiger partial charge >= 0.3 is 5.97 Å². The van der Waals surface area contributed by atoms with Gasteiger partial charge in [0.25, 0.3) is 0 Å². The summed E-state index contributed by atoms with van der Waals surface area (Å²) < 4.78 is 0. The fraction of sp³-hybridized carbons (Fsp3) is 0.538. The Balaban J connectivity index is 2.70. The molecular weight excluding hydrogens is 260 g/mol. The smallest absolute Gasteiger partial charge is 0.329 e. The van der Waals surface area contributed by atoms with E-state index in [1.165, 1.54) is 0 Å². The number of aromatic nitrogens is 2. The minimum atomic E-state index is -1.21. The standard InChI is InChI=1S/C13H20N4O3/c1-4-13(5-2,11(19)20)16-10(18)9-17(3)12-14-7-6-8-15-12/h6-8H,4-5,9H2,1-3H3,(H,16,18)(H,19,20). The second kappa shape index (κ2) is 6.83. The van der Waals surface area contributed by atoms with E-state index in [0.29, 0.717) is 18.8 Å². The first-order valence-electron chi connectivity index (χ1n) is 6.47. The van der Waals surface area contributed by atoms with E-state index in [4.69, 9.17) is 0 Å². The number of rotatable bonds is 7. The van der Waals surface area contributed by atoms with Gasteiger partial charge in [0, 0.05) is 19.4 Å². The summed E-state index contributed by atoms with van der Waals surface area (Å²) in [5, 5.41) is 11.9. The summed E-state index contributed by atoms with van der Waals surface area (Å²) in [7, 11) is 1.68. The Hall–Kier alpha value is -2.18. The lowest BCUT2D eigenvalue weighted by molar-refractivity contribution is -0.147. The summed E-state index contributed by atoms with van der Waals surface area (Å²) in [6.45, 7) is 3.48. The molecule has 1 rings (SSSR count). The van der Waals surface area contributed by atoms with E-state index in [1.54, 1.807) is 44.3 Å². The molecule has 1 aromatic heterocycles. The van der Waals surface area contributed by atoms with Crippen LogP contribution in [0.1, 0.15) is 26.7 Å². The molecule has 7 nitrogen and oxygen atoms in total. The number of carboxylic acid groups (broad SMARTS) is 1. The lowest BCUT2D eigenvalue weighted by Gasteiger charge is -2.29. The van der Waals surface area contributed by atoms with Crippen LogP contribution >= 0.6 is 0 Å². The predicted octanol–water partition coefficient (Wildman–Crippen LogP) is 0.672. The van der Waals surface area contributed by atoms with Crippen LogP contribution in [0.3, 0.4) is 0 Å². The number of amides is 1. The summed E-state index contributed by atoms with van der Waals surface area (Å²) in [4.78, 5) is 32.9. The van der Waals surface area contributed by atoms with Gasteiger partial charge in [0.1, 0.15) is 5.54 Å². The molecular formula is C13H20N4O3. The van der Waals surface area contributed by atoms with E-state index < -0.39 is 11.5 Å². The number of hydrogen-bond acceptors (Lipinski definition) is 5. The molecule has 0 unspecified atom stereocenters. The zero-order valence-corrected chi connectivity index (χ0v) is 12.0. The maximum Gasteiger partial charge on any atom is 0.329 e. The highest BCUT2D eigenvalue weighted by atomic mass is 16.4. The van der Waals surface area contributed by atoms with Gasteiger partial charge in [-0.3, -0.25) is 4.79 Å². The third-order valence-electron chi connectivity index (χ3n) is 3.27. The second-order valence-corrected chi connectivity index (χ2v) is 4.55. The number of nitrogens with zero attached hydrogens (tertiary/aromatic N) is 3. The molecule has 0 aliphatic rings. The molecule has 110 valence electrons. The van der Waals surface area contributed by atoms with E-state index in [0.717, 1.165) is 0 Å². The largest absolute Gasteiger partial charge is 0.480 e. The summed E-state index contributed by atoms with van der Waals surface area (Å²) in [5.74, 6) is -0.975. The molecule has 0 fully saturated rings. The zero-order valence-electron chi connectivity index (χ0n) is 12.0. The van der Waals surface area contributed by atoms with E-state index in [1.807, 2.05) is 0 Å². The summed E-state index contributed by atoms with van der Waals surface area (Å²) >= 11 is 0. The highest BCUT2D eigenvalue weighted by molar-refractivity contribution is 5.88. The van der Waals surface area contributed by atoms with Gasteiger partial charge in [0.15, 0.2) is 0 Å². The van der Waals surface area contributed by atoms with Gasteiger partial charge in [-0.1, -0.05) is 13.8 Å². The van der Waals surface area contributed by atoms with Gasteiger partial charge in [-0.2, -0.15) is 0 Å². The summed E-state index contributed by atoms with van der Waals surface area (Å²) in [6, 6.07) is 1.68. The van der Waals surface area contributed by atoms with Crippen molar-refractivity contribution in [2.24, 2.45) is 0 Å². The average Bonchev–Trinajstić information content (AvgIpc) is 2.45. The zero-order chi connectivity index (χ0) is 15.2. The highest BCUT2D eigenvalue weighted by Gasteiger charge is 2.36. The van der Waals surface area contributed by atoms with Crippen LogP contribution in [0, 0.1) is 0 Å². The molecule has 2 N–H and O–H groups in total. The number of hydrogen-bond donors (Lipinski definition) is 2. The molecule has 7 heteroatoms. The first-order valence-corrected chi connectivity index (χ1v) is 6.47. The molecule has 0 aromatic carbocycles. The van der Waals surface area contributed by atoms with Gasteiger partial charge < -0.3 is 15.3 Å². The van der Waals surface area contributed by atoms with Crippen LogP contribution in [0.4, 0.5) is 5.95 Å². The molecule has 0 spiro atoms. The number of carbonyl (C=O) groups excluding carboxylic acids is 1. The third kappa shape index (κ3) is 3.66. The number of likely N-dealkylation sites (N-methyl/N-ethyl adjacent to an activating group) is 1. The summed E-state index contributed by atoms with van der Waals surface area (Å²) in [5.41, 5.74) is -1.21. The van der Waals surface area contributed by atoms with E-state index in [9.17, 15) is 14.7 Å². The van der Waals surface area contributed by atoms with E-state index >= 15 is 0 Å². The van der Waals surface area contributed by atoms with Crippen molar-refractivity contribution in [2.45, 2.75) is 32.2 Å². The Kier molecular flexibility index (Phi) is 5.42. The number of aliphatic carboxylic acids is 1. The van der Waals surface area contributed by atoms with Crippen LogP contribution in [0.5, 0.6) is 0 Å². The van der Waals surface area contributed by atoms with Gasteiger partial charge in [-0.05, 0) is 18.9 Å². The maximum absolute atomic E-state index is 12.0. The Morgan fingerprint density at radius 3 is 2.30 bits per heavy atom. The van der Waals surface area contributed by atoms with Crippen molar-refractivity contribution in [1.29, 1.82) is 0 Å². The predicted molar refractivity (Wildman–Crippen MR) is 74.4 cm³/mol. The van der Waals surface area contributed by atoms with Crippen LogP contribution in [0.2, 0.25) is 0 Å². The first-order chi connectivity index (χ1) is 9.45. The maximum atomic E-state index is 12.0. The van der Waals surface area contributed by atoms with E-state index in [-0.39, 0.29) is 12.5 Å². The van der Waals surface area contributed by atoms with Crippen molar-refractivity contribution in [3.8, 4) is 0 Å². The minimum absolute atomic E-state index is 0.000949. The topological polar surface area (TPSA) is 95.4 Å². The van der Waals surface area contributed by atoms with Gasteiger partial charge in [0.05, 0.1) is 6.54 Å². The number of carbonyl (C=O) groups is 2. The highest BCUT2D eigenvalue weighted by Crippen LogP contribution is 2.15. The van der Waals surface area contributed by atoms with Crippen LogP contribution in [0.15, 0.2) is 18.5 Å². The Bertz CT molecular complexity index is 460. The Labute approximate surface area is 118 Å². The normalized spacial score (nSPS) is 10.9. The fourth-order valence-electron chi connectivity index (χ4n) is 1.86. The quantitative estimate of drug-likeness (QED) is 0.762. The average molecular weight is 280 g/mol. The molecule has 0 radical (unpaired) electrons. The monoisotopic (exact) mass is 280 g/mol. The van der Waals surface area contributed by atoms with Crippen molar-refractivity contribution in [1.82, 2.24) is 15.3 Å². The van der Waals surface area contributed by atoms with Crippen molar-refractivity contribution in [2.75, 3.05) is 18.5 Å². The molecule has 1 aromatic rings. The number of nitrogens with one attached hydrogen (secondary N) is 1. The fourth-order valence-corrected chi connectivity index (χ4v) is 1.86. The first kappa shape index (κ1) is 15.9. The third-order valence-corrected chi connectivity index (χ3v) is 3.27. The summed E-state index contributed by atoms with van der Waals surface area (Å²) in [6.07, 6.45) is 3.82. The minimum Gasteiger partial charge on any atom is -0.480 e. The van der Waals surface area contributed by atoms with Gasteiger partial charge in [0.2, 0.25) is 11.9 Å². The molecule has 0 aliphatic carbocycles. The van der Waals surface area contributed by atoms with E-state index in [2.05, 4.69) is 15.3 Å². The number of anilines is 1. The van der Waals surface area contributed by atoms with Crippen LogP contribution in [-0.2, 0) is 9.59 Å². The molecule has 0 aliphatic heterocycles. The van der Waals surface area contributed by atoms with Crippen molar-refractivity contribution < 1.29 is 14.7 Å². The lowest BCUT2D eigenvalue weighted by Crippen LogP contribution is -2.55. The Morgan fingerprint density at radius 1 is 1.30 bits per heavy atom. The SMILES string of the molecule is CCC(CC)(NC(=O)CN(C)c1ncccn1)C(=O)O. The van der Waals surface area contributed by atoms with Crippen LogP contribution in [0.25, 0.3) is 0 Å². The molecule has 0 bridgehead atoms. The molecule has 20 heavy (non-hydrogen) atoms. The van der Waals surface area contributed by atoms with Crippen molar-refractivity contribution >= 4 is 17.8 Å².